The molecule has 1 aromatic carbocycles. The highest BCUT2D eigenvalue weighted by molar-refractivity contribution is 9.10. The second-order valence-corrected chi connectivity index (χ2v) is 6.44. The lowest BCUT2D eigenvalue weighted by molar-refractivity contribution is 0.454. The van der Waals surface area contributed by atoms with Gasteiger partial charge in [0.15, 0.2) is 5.82 Å². The first kappa shape index (κ1) is 14.0. The highest BCUT2D eigenvalue weighted by atomic mass is 79.9. The van der Waals surface area contributed by atoms with Crippen LogP contribution in [0.1, 0.15) is 5.56 Å². The van der Waals surface area contributed by atoms with Gasteiger partial charge in [0.2, 0.25) is 5.88 Å². The number of halogens is 1. The molecule has 0 spiro atoms. The van der Waals surface area contributed by atoms with E-state index in [1.807, 2.05) is 36.6 Å². The van der Waals surface area contributed by atoms with Gasteiger partial charge in [-0.2, -0.15) is 4.98 Å². The first-order valence-electron chi connectivity index (χ1n) is 6.19. The summed E-state index contributed by atoms with van der Waals surface area (Å²) in [5.41, 5.74) is 1.50. The van der Waals surface area contributed by atoms with Crippen molar-refractivity contribution < 1.29 is 5.11 Å². The molecule has 3 rings (SSSR count). The van der Waals surface area contributed by atoms with Gasteiger partial charge in [0.25, 0.3) is 5.56 Å². The van der Waals surface area contributed by atoms with Gasteiger partial charge in [0.05, 0.1) is 4.88 Å². The van der Waals surface area contributed by atoms with Crippen LogP contribution in [0.25, 0.3) is 21.8 Å². The van der Waals surface area contributed by atoms with E-state index in [1.54, 1.807) is 6.07 Å². The molecule has 2 aromatic heterocycles. The molecule has 0 amide bonds. The monoisotopic (exact) mass is 362 g/mol. The van der Waals surface area contributed by atoms with Gasteiger partial charge in [-0.05, 0) is 34.5 Å². The highest BCUT2D eigenvalue weighted by Crippen LogP contribution is 2.30. The van der Waals surface area contributed by atoms with E-state index in [2.05, 4.69) is 25.9 Å². The molecule has 2 N–H and O–H groups in total. The summed E-state index contributed by atoms with van der Waals surface area (Å²) in [7, 11) is 0. The number of aromatic nitrogens is 2. The van der Waals surface area contributed by atoms with Crippen molar-refractivity contribution in [1.82, 2.24) is 9.97 Å². The third kappa shape index (κ3) is 2.77. The summed E-state index contributed by atoms with van der Waals surface area (Å²) in [5.74, 6) is 0.105. The highest BCUT2D eigenvalue weighted by Gasteiger charge is 2.14. The number of rotatable bonds is 2. The average Bonchev–Trinajstić information content (AvgIpc) is 2.85. The zero-order chi connectivity index (χ0) is 15.0. The maximum Gasteiger partial charge on any atom is 0.262 e. The van der Waals surface area contributed by atoms with Crippen LogP contribution < -0.4 is 5.56 Å². The summed E-state index contributed by atoms with van der Waals surface area (Å²) in [6.45, 7) is 1.93. The van der Waals surface area contributed by atoms with Crippen LogP contribution in [0.15, 0.2) is 45.0 Å². The van der Waals surface area contributed by atoms with Crippen LogP contribution in [0.2, 0.25) is 0 Å². The van der Waals surface area contributed by atoms with E-state index in [1.165, 1.54) is 11.3 Å². The number of aryl methyl sites for hydroxylation is 1. The summed E-state index contributed by atoms with van der Waals surface area (Å²) in [5, 5.41) is 12.0. The quantitative estimate of drug-likeness (QED) is 0.725. The topological polar surface area (TPSA) is 66.0 Å². The van der Waals surface area contributed by atoms with Gasteiger partial charge in [-0.15, -0.1) is 11.3 Å². The molecule has 0 atom stereocenters. The molecule has 4 nitrogen and oxygen atoms in total. The van der Waals surface area contributed by atoms with Gasteiger partial charge < -0.3 is 10.1 Å². The van der Waals surface area contributed by atoms with Gasteiger partial charge in [-0.1, -0.05) is 29.8 Å². The number of aromatic hydroxyl groups is 1. The van der Waals surface area contributed by atoms with Gasteiger partial charge >= 0.3 is 0 Å². The van der Waals surface area contributed by atoms with Crippen molar-refractivity contribution >= 4 is 27.3 Å². The number of hydrogen-bond acceptors (Lipinski definition) is 4. The van der Waals surface area contributed by atoms with Crippen molar-refractivity contribution in [2.45, 2.75) is 6.92 Å². The number of benzene rings is 1. The van der Waals surface area contributed by atoms with Crippen LogP contribution in [0, 0.1) is 6.92 Å². The normalized spacial score (nSPS) is 10.8. The van der Waals surface area contributed by atoms with Crippen LogP contribution in [-0.4, -0.2) is 15.1 Å². The van der Waals surface area contributed by atoms with Crippen LogP contribution in [0.5, 0.6) is 5.88 Å². The van der Waals surface area contributed by atoms with E-state index in [0.29, 0.717) is 11.4 Å². The third-order valence-corrected chi connectivity index (χ3v) is 4.71. The van der Waals surface area contributed by atoms with E-state index in [0.717, 1.165) is 14.9 Å². The number of H-pyrrole nitrogens is 1. The van der Waals surface area contributed by atoms with Crippen molar-refractivity contribution in [3.63, 3.8) is 0 Å². The summed E-state index contributed by atoms with van der Waals surface area (Å²) < 4.78 is 0.910. The molecule has 0 saturated carbocycles. The molecular weight excluding hydrogens is 352 g/mol. The smallest absolute Gasteiger partial charge is 0.262 e. The van der Waals surface area contributed by atoms with E-state index >= 15 is 0 Å². The maximum atomic E-state index is 12.3. The molecule has 0 radical (unpaired) electrons. The Balaban J connectivity index is 2.15. The van der Waals surface area contributed by atoms with Crippen LogP contribution in [0.4, 0.5) is 0 Å². The first-order chi connectivity index (χ1) is 10.0. The van der Waals surface area contributed by atoms with Gasteiger partial charge in [-0.25, -0.2) is 0 Å². The Hall–Kier alpha value is -1.92. The Kier molecular flexibility index (Phi) is 3.65. The van der Waals surface area contributed by atoms with E-state index in [4.69, 9.17) is 0 Å². The number of hydrogen-bond donors (Lipinski definition) is 2. The minimum Gasteiger partial charge on any atom is -0.493 e. The molecule has 0 saturated heterocycles. The molecule has 106 valence electrons. The molecule has 0 aliphatic heterocycles. The zero-order valence-electron chi connectivity index (χ0n) is 11.1. The zero-order valence-corrected chi connectivity index (χ0v) is 13.5. The minimum absolute atomic E-state index is 0.193. The van der Waals surface area contributed by atoms with E-state index in [-0.39, 0.29) is 17.0 Å². The fourth-order valence-electron chi connectivity index (χ4n) is 2.08. The molecule has 2 heterocycles. The van der Waals surface area contributed by atoms with Crippen molar-refractivity contribution in [2.24, 2.45) is 0 Å². The van der Waals surface area contributed by atoms with Crippen molar-refractivity contribution in [1.29, 1.82) is 0 Å². The Bertz CT molecular complexity index is 870. The molecular formula is C15H11BrN2O2S. The van der Waals surface area contributed by atoms with Crippen LogP contribution in [-0.2, 0) is 0 Å². The minimum atomic E-state index is -0.354. The van der Waals surface area contributed by atoms with Gasteiger partial charge in [0, 0.05) is 9.85 Å². The average molecular weight is 363 g/mol. The fourth-order valence-corrected chi connectivity index (χ4v) is 3.45. The summed E-state index contributed by atoms with van der Waals surface area (Å²) in [6, 6.07) is 9.23. The van der Waals surface area contributed by atoms with Crippen molar-refractivity contribution in [3.8, 4) is 27.7 Å². The lowest BCUT2D eigenvalue weighted by Crippen LogP contribution is -2.11. The maximum absolute atomic E-state index is 12.3. The SMILES string of the molecule is Cc1cccc(-c2c(O)nc(-c3cc(Br)cs3)[nH]c2=O)c1. The lowest BCUT2D eigenvalue weighted by Gasteiger charge is -2.06. The molecule has 0 bridgehead atoms. The summed E-state index contributed by atoms with van der Waals surface area (Å²) >= 11 is 4.79. The second-order valence-electron chi connectivity index (χ2n) is 4.61. The molecule has 3 aromatic rings. The Labute approximate surface area is 133 Å². The molecule has 6 heteroatoms. The Morgan fingerprint density at radius 1 is 1.33 bits per heavy atom. The Morgan fingerprint density at radius 3 is 2.76 bits per heavy atom. The lowest BCUT2D eigenvalue weighted by atomic mass is 10.1. The molecule has 0 aliphatic carbocycles. The molecule has 0 unspecified atom stereocenters. The van der Waals surface area contributed by atoms with Gasteiger partial charge in [0.1, 0.15) is 5.56 Å². The first-order valence-corrected chi connectivity index (χ1v) is 7.86. The van der Waals surface area contributed by atoms with Crippen LogP contribution in [0.3, 0.4) is 0 Å². The standard InChI is InChI=1S/C15H11BrN2O2S/c1-8-3-2-4-9(5-8)12-14(19)17-13(18-15(12)20)11-6-10(16)7-21-11/h2-7H,1H3,(H2,17,18,19,20). The predicted molar refractivity (Wildman–Crippen MR) is 87.7 cm³/mol. The Morgan fingerprint density at radius 2 is 2.14 bits per heavy atom. The molecule has 0 fully saturated rings. The number of thiophene rings is 1. The van der Waals surface area contributed by atoms with Crippen molar-refractivity contribution in [3.05, 3.63) is 56.1 Å². The van der Waals surface area contributed by atoms with Crippen molar-refractivity contribution in [2.75, 3.05) is 0 Å². The third-order valence-electron chi connectivity index (χ3n) is 3.01. The second kappa shape index (κ2) is 5.46. The molecule has 21 heavy (non-hydrogen) atoms. The summed E-state index contributed by atoms with van der Waals surface area (Å²) in [6.07, 6.45) is 0. The largest absolute Gasteiger partial charge is 0.493 e. The predicted octanol–water partition coefficient (Wildman–Crippen LogP) is 3.94. The fraction of sp³-hybridized carbons (Fsp3) is 0.0667. The number of nitrogens with one attached hydrogen (secondary N) is 1. The number of nitrogens with zero attached hydrogens (tertiary/aromatic N) is 1. The summed E-state index contributed by atoms with van der Waals surface area (Å²) in [4.78, 5) is 19.9. The van der Waals surface area contributed by atoms with Gasteiger partial charge in [-0.3, -0.25) is 4.79 Å². The molecule has 0 aliphatic rings. The van der Waals surface area contributed by atoms with E-state index < -0.39 is 0 Å². The number of aromatic amines is 1. The van der Waals surface area contributed by atoms with Crippen LogP contribution >= 0.6 is 27.3 Å². The van der Waals surface area contributed by atoms with E-state index in [9.17, 15) is 9.90 Å².